The summed E-state index contributed by atoms with van der Waals surface area (Å²) in [7, 11) is -12.8. The van der Waals surface area contributed by atoms with Crippen LogP contribution < -0.4 is 75.1 Å². The summed E-state index contributed by atoms with van der Waals surface area (Å²) in [4.78, 5) is 200. The van der Waals surface area contributed by atoms with Gasteiger partial charge in [0.25, 0.3) is 40.5 Å². The number of nitrogens with zero attached hydrogens (tertiary/aromatic N) is 2. The first kappa shape index (κ1) is 104. The van der Waals surface area contributed by atoms with Crippen LogP contribution in [0.4, 0.5) is 4.11 Å². The fourth-order valence-corrected chi connectivity index (χ4v) is 19.6. The maximum Gasteiger partial charge on any atom is 0.288 e. The van der Waals surface area contributed by atoms with Crippen LogP contribution in [0.1, 0.15) is 158 Å². The standard InChI is InChI=1S/C78H122FN17O23S2Si/c1-42(2)31-53(59(97)35-62(100)89-54(67(81)104)32-43(3)4)91-72(109)56(34-48-37-82-41-86-48)90-63(101)38-96(14)76(113)64(44(5)6)95-68(105)45(7)87-71(108)55(33-47-36-85-51-20-16-15-19-50(47)51)92-70(107)52(26-27-60(80)98)88-61(99)21-17-18-29-83-69(106)57(39-120(114,115)116)93-73(110)58(40-121(117,118)119)94-75(112)66(103)65(102)74(111)84-30-28-46-22-24-49(25-23-46)122(79,77(8,9)10)78(11,12)13/h15-16,19-20,22-25,36-37,41-45,52-59,64-66,85,97,102-103H,17-18,21,26-35,38-40H2,1-14H3,(H2,80,98)(H2,81,104)(H,82,86)(H,83,106)(H,84,111)(H,87,108)(H,88,99)(H,89,100)(H,90,101)(H,91,109)(H,92,107)(H,93,110)(H,94,112)(H,95,105)(H,114,115,116)(H,117,118,119)/t45-,52-,53-,54-,55-,56-,57-,58-,59-,64-,65?,66?/m0/s1. The van der Waals surface area contributed by atoms with E-state index in [1.165, 1.54) is 26.5 Å². The third-order valence-electron chi connectivity index (χ3n) is 19.8. The van der Waals surface area contributed by atoms with Gasteiger partial charge in [-0.05, 0) is 95.7 Å². The Morgan fingerprint density at radius 2 is 1.08 bits per heavy atom. The molecule has 2 aromatic heterocycles. The van der Waals surface area contributed by atoms with Crippen LogP contribution in [0.25, 0.3) is 10.9 Å². The number of H-pyrrole nitrogens is 2. The maximum absolute atomic E-state index is 16.8. The van der Waals surface area contributed by atoms with Gasteiger partial charge in [0.1, 0.15) is 59.8 Å². The van der Waals surface area contributed by atoms with Gasteiger partial charge in [0.15, 0.2) is 12.2 Å². The number of aromatic amines is 2. The molecule has 0 aliphatic carbocycles. The van der Waals surface area contributed by atoms with Crippen molar-refractivity contribution in [1.29, 1.82) is 0 Å². The third kappa shape index (κ3) is 33.8. The Morgan fingerprint density at radius 1 is 0.557 bits per heavy atom. The van der Waals surface area contributed by atoms with E-state index in [9.17, 15) is 108 Å². The van der Waals surface area contributed by atoms with Crippen molar-refractivity contribution in [1.82, 2.24) is 78.3 Å². The molecule has 14 amide bonds. The molecule has 0 radical (unpaired) electrons. The number of carbonyl (C=O) groups is 14. The Labute approximate surface area is 709 Å². The summed E-state index contributed by atoms with van der Waals surface area (Å²) in [6, 6.07) is -0.508. The molecule has 122 heavy (non-hydrogen) atoms. The number of primary amides is 2. The van der Waals surface area contributed by atoms with Gasteiger partial charge >= 0.3 is 0 Å². The van der Waals surface area contributed by atoms with E-state index in [4.69, 9.17) is 11.5 Å². The van der Waals surface area contributed by atoms with E-state index < -0.39 is 250 Å². The fraction of sp³-hybridized carbons (Fsp3) is 0.603. The Hall–Kier alpha value is -10.4. The smallest absolute Gasteiger partial charge is 0.288 e. The number of rotatable bonds is 50. The summed E-state index contributed by atoms with van der Waals surface area (Å²) < 4.78 is 84.7. The van der Waals surface area contributed by atoms with Crippen LogP contribution in [0.5, 0.6) is 0 Å². The maximum atomic E-state index is 16.8. The zero-order chi connectivity index (χ0) is 92.3. The first-order valence-electron chi connectivity index (χ1n) is 39.9. The first-order valence-corrected chi connectivity index (χ1v) is 45.0. The van der Waals surface area contributed by atoms with Gasteiger partial charge in [-0.25, -0.2) is 4.98 Å². The van der Waals surface area contributed by atoms with Crippen LogP contribution in [0.3, 0.4) is 0 Å². The number of aliphatic hydroxyl groups is 3. The highest BCUT2D eigenvalue weighted by molar-refractivity contribution is 7.86. The number of fused-ring (bicyclic) bond motifs is 1. The Bertz CT molecular complexity index is 4510. The lowest BCUT2D eigenvalue weighted by molar-refractivity contribution is -0.147. The highest BCUT2D eigenvalue weighted by atomic mass is 32.2. The molecule has 0 spiro atoms. The predicted octanol–water partition coefficient (Wildman–Crippen LogP) is -2.37. The summed E-state index contributed by atoms with van der Waals surface area (Å²) in [5.41, 5.74) is 13.1. The fourth-order valence-electron chi connectivity index (χ4n) is 13.7. The van der Waals surface area contributed by atoms with Crippen LogP contribution in [0.2, 0.25) is 10.1 Å². The van der Waals surface area contributed by atoms with Crippen LogP contribution in [0.15, 0.2) is 67.3 Å². The molecule has 680 valence electrons. The number of aliphatic hydroxyl groups excluding tert-OH is 3. The molecule has 0 saturated heterocycles. The summed E-state index contributed by atoms with van der Waals surface area (Å²) >= 11 is 0. The number of amides is 14. The van der Waals surface area contributed by atoms with Crippen LogP contribution in [-0.2, 0) is 107 Å². The Balaban J connectivity index is 1.42. The largest absolute Gasteiger partial charge is 0.390 e. The number of likely N-dealkylation sites (N-methyl/N-ethyl adjacent to an activating group) is 1. The van der Waals surface area contributed by atoms with E-state index in [1.807, 2.05) is 74.6 Å². The highest BCUT2D eigenvalue weighted by Crippen LogP contribution is 2.51. The van der Waals surface area contributed by atoms with Gasteiger partial charge in [0.2, 0.25) is 70.9 Å². The van der Waals surface area contributed by atoms with Crippen molar-refractivity contribution < 1.29 is 112 Å². The molecule has 0 bridgehead atoms. The average molecular weight is 1780 g/mol. The number of aromatic nitrogens is 3. The molecule has 22 N–H and O–H groups in total. The molecule has 2 aromatic carbocycles. The number of nitrogens with two attached hydrogens (primary N) is 2. The van der Waals surface area contributed by atoms with Gasteiger partial charge in [-0.2, -0.15) is 16.8 Å². The number of unbranched alkanes of at least 4 members (excludes halogenated alkanes) is 1. The molecule has 0 aliphatic rings. The number of hydrogen-bond donors (Lipinski definition) is 20. The molecule has 4 aromatic rings. The van der Waals surface area contributed by atoms with Crippen molar-refractivity contribution in [2.45, 2.75) is 243 Å². The normalized spacial score (nSPS) is 15.1. The van der Waals surface area contributed by atoms with E-state index in [1.54, 1.807) is 73.9 Å². The molecule has 2 heterocycles. The minimum atomic E-state index is -5.27. The van der Waals surface area contributed by atoms with Gasteiger partial charge < -0.3 is 104 Å². The van der Waals surface area contributed by atoms with E-state index in [0.29, 0.717) is 32.9 Å². The minimum absolute atomic E-state index is 0.00979. The number of nitrogens with one attached hydrogen (secondary N) is 13. The second-order valence-corrected chi connectivity index (χ2v) is 41.5. The zero-order valence-electron chi connectivity index (χ0n) is 71.2. The lowest BCUT2D eigenvalue weighted by atomic mass is 9.96. The summed E-state index contributed by atoms with van der Waals surface area (Å²) in [6.07, 6.45) is -4.38. The van der Waals surface area contributed by atoms with Crippen molar-refractivity contribution in [2.75, 3.05) is 38.2 Å². The SMILES string of the molecule is CC(C)C[C@H](NC(=O)C[C@H](O)[C@H](CC(C)C)NC(=O)[C@H](Cc1cnc[nH]1)NC(=O)CN(C)C(=O)[C@@H](NC(=O)[C@H](C)NC(=O)[C@H](Cc1c[nH]c2ccccc12)NC(=O)[C@H](CCC(N)=O)NC(=O)CCCCNC(=O)[C@H](CS(=O)(=O)O)NC(=O)[C@H](CS(=O)(=O)O)NC(=O)C(O)C(O)C(=O)NCCc1ccc([Si](F)(C(C)(C)C)C(C)(C)C)cc1)C(C)C)C(N)=O. The van der Waals surface area contributed by atoms with E-state index in [0.717, 1.165) is 4.90 Å². The van der Waals surface area contributed by atoms with E-state index in [2.05, 4.69) is 62.8 Å². The highest BCUT2D eigenvalue weighted by Gasteiger charge is 2.56. The number of halogens is 1. The molecule has 2 unspecified atom stereocenters. The molecular weight excluding hydrogens is 1650 g/mol. The molecule has 0 fully saturated rings. The van der Waals surface area contributed by atoms with Crippen molar-refractivity contribution >= 4 is 127 Å². The second-order valence-electron chi connectivity index (χ2n) is 33.6. The van der Waals surface area contributed by atoms with E-state index >= 15 is 4.11 Å². The Morgan fingerprint density at radius 3 is 1.64 bits per heavy atom. The number of carbonyl (C=O) groups excluding carboxylic acids is 14. The first-order chi connectivity index (χ1) is 56.5. The molecule has 12 atom stereocenters. The zero-order valence-corrected chi connectivity index (χ0v) is 73.8. The van der Waals surface area contributed by atoms with Crippen LogP contribution in [-0.4, -0.2) is 263 Å². The quantitative estimate of drug-likeness (QED) is 0.00951. The van der Waals surface area contributed by atoms with Gasteiger partial charge in [0, 0.05) is 74.8 Å². The summed E-state index contributed by atoms with van der Waals surface area (Å²) in [5.74, 6) is -18.7. The van der Waals surface area contributed by atoms with Crippen molar-refractivity contribution in [3.63, 3.8) is 0 Å². The molecule has 40 nitrogen and oxygen atoms in total. The average Bonchev–Trinajstić information content (AvgIpc) is 0.858. The lowest BCUT2D eigenvalue weighted by Crippen LogP contribution is -2.59. The topological polar surface area (TPSA) is 640 Å². The van der Waals surface area contributed by atoms with E-state index in [-0.39, 0.29) is 63.3 Å². The molecule has 4 rings (SSSR count). The van der Waals surface area contributed by atoms with Crippen molar-refractivity contribution in [3.05, 3.63) is 84.1 Å². The molecule has 0 saturated carbocycles. The second kappa shape index (κ2) is 46.7. The number of para-hydroxylation sites is 1. The van der Waals surface area contributed by atoms with Crippen molar-refractivity contribution in [2.24, 2.45) is 29.2 Å². The Kier molecular flexibility index (Phi) is 39.8. The molecule has 44 heteroatoms. The lowest BCUT2D eigenvalue weighted by Gasteiger charge is -2.44. The monoisotopic (exact) mass is 1780 g/mol. The molecular formula is C78H122FN17O23S2Si. The van der Waals surface area contributed by atoms with Gasteiger partial charge in [-0.15, -0.1) is 0 Å². The number of imidazole rings is 1. The predicted molar refractivity (Wildman–Crippen MR) is 448 cm³/mol. The number of hydrogen-bond acceptors (Lipinski definition) is 22. The molecule has 0 aliphatic heterocycles. The summed E-state index contributed by atoms with van der Waals surface area (Å²) in [5, 5.41) is 58.7. The number of benzene rings is 2. The third-order valence-corrected chi connectivity index (χ3v) is 26.6. The summed E-state index contributed by atoms with van der Waals surface area (Å²) in [6.45, 7) is 21.5. The van der Waals surface area contributed by atoms with Crippen LogP contribution in [0, 0.1) is 17.8 Å². The van der Waals surface area contributed by atoms with Crippen LogP contribution >= 0.6 is 0 Å². The van der Waals surface area contributed by atoms with Gasteiger partial charge in [-0.1, -0.05) is 126 Å². The van der Waals surface area contributed by atoms with Gasteiger partial charge in [0.05, 0.1) is 31.4 Å². The minimum Gasteiger partial charge on any atom is -0.390 e. The van der Waals surface area contributed by atoms with Gasteiger partial charge in [-0.3, -0.25) is 76.2 Å². The van der Waals surface area contributed by atoms with Crippen molar-refractivity contribution in [3.8, 4) is 0 Å².